The summed E-state index contributed by atoms with van der Waals surface area (Å²) in [5.41, 5.74) is 1.36. The Hall–Kier alpha value is -1.43. The number of morpholine rings is 1. The van der Waals surface area contributed by atoms with E-state index >= 15 is 0 Å². The Bertz CT molecular complexity index is 625. The van der Waals surface area contributed by atoms with Crippen molar-refractivity contribution in [3.8, 4) is 0 Å². The van der Waals surface area contributed by atoms with Crippen LogP contribution in [0.1, 0.15) is 12.0 Å². The molecule has 1 aromatic heterocycles. The minimum atomic E-state index is -0.206. The molecule has 2 aromatic rings. The first-order valence-electron chi connectivity index (χ1n) is 7.12. The minimum absolute atomic E-state index is 0.0592. The summed E-state index contributed by atoms with van der Waals surface area (Å²) in [5, 5.41) is 3.56. The van der Waals surface area contributed by atoms with Crippen molar-refractivity contribution in [2.75, 3.05) is 26.8 Å². The van der Waals surface area contributed by atoms with Gasteiger partial charge < -0.3 is 9.47 Å². The maximum Gasteiger partial charge on any atom is 0.308 e. The number of hydrogen-bond donors (Lipinski definition) is 0. The van der Waals surface area contributed by atoms with Crippen LogP contribution in [0, 0.1) is 0 Å². The normalized spacial score (nSPS) is 19.8. The first-order valence-corrected chi connectivity index (χ1v) is 8.00. The molecule has 1 aliphatic rings. The number of ether oxygens (including phenoxy) is 2. The van der Waals surface area contributed by atoms with Crippen LogP contribution < -0.4 is 0 Å². The monoisotopic (exact) mass is 305 g/mol. The molecule has 3 rings (SSSR count). The van der Waals surface area contributed by atoms with Crippen LogP contribution in [-0.4, -0.2) is 43.8 Å². The SMILES string of the molecule is COC(=O)CC1CN(Cc2csc3ccccc23)CCO1. The van der Waals surface area contributed by atoms with E-state index in [1.165, 1.54) is 22.8 Å². The standard InChI is InChI=1S/C16H19NO3S/c1-19-16(18)8-13-10-17(6-7-20-13)9-12-11-21-15-5-3-2-4-14(12)15/h2-5,11,13H,6-10H2,1H3. The molecule has 5 heteroatoms. The van der Waals surface area contributed by atoms with Gasteiger partial charge in [0.15, 0.2) is 0 Å². The Morgan fingerprint density at radius 2 is 2.33 bits per heavy atom. The van der Waals surface area contributed by atoms with Crippen molar-refractivity contribution in [3.63, 3.8) is 0 Å². The van der Waals surface area contributed by atoms with Crippen LogP contribution in [0.15, 0.2) is 29.6 Å². The number of thiophene rings is 1. The van der Waals surface area contributed by atoms with Crippen molar-refractivity contribution in [2.45, 2.75) is 19.1 Å². The number of benzene rings is 1. The molecular formula is C16H19NO3S. The van der Waals surface area contributed by atoms with Crippen LogP contribution in [0.5, 0.6) is 0 Å². The van der Waals surface area contributed by atoms with Gasteiger partial charge in [-0.15, -0.1) is 11.3 Å². The summed E-state index contributed by atoms with van der Waals surface area (Å²) >= 11 is 1.79. The van der Waals surface area contributed by atoms with Crippen LogP contribution in [0.25, 0.3) is 10.1 Å². The van der Waals surface area contributed by atoms with E-state index in [0.29, 0.717) is 13.0 Å². The second kappa shape index (κ2) is 6.56. The fourth-order valence-corrected chi connectivity index (χ4v) is 3.67. The Morgan fingerprint density at radius 1 is 1.48 bits per heavy atom. The molecule has 1 aliphatic heterocycles. The van der Waals surface area contributed by atoms with Gasteiger partial charge in [-0.2, -0.15) is 0 Å². The summed E-state index contributed by atoms with van der Waals surface area (Å²) in [5.74, 6) is -0.206. The summed E-state index contributed by atoms with van der Waals surface area (Å²) < 4.78 is 11.7. The lowest BCUT2D eigenvalue weighted by molar-refractivity contribution is -0.145. The Labute approximate surface area is 128 Å². The molecule has 0 radical (unpaired) electrons. The molecule has 21 heavy (non-hydrogen) atoms. The molecule has 0 N–H and O–H groups in total. The van der Waals surface area contributed by atoms with Crippen molar-refractivity contribution in [1.82, 2.24) is 4.90 Å². The lowest BCUT2D eigenvalue weighted by atomic mass is 10.1. The van der Waals surface area contributed by atoms with Gasteiger partial charge in [0, 0.05) is 24.3 Å². The highest BCUT2D eigenvalue weighted by atomic mass is 32.1. The largest absolute Gasteiger partial charge is 0.469 e. The fraction of sp³-hybridized carbons (Fsp3) is 0.438. The van der Waals surface area contributed by atoms with Crippen LogP contribution in [0.3, 0.4) is 0 Å². The van der Waals surface area contributed by atoms with Crippen molar-refractivity contribution >= 4 is 27.4 Å². The van der Waals surface area contributed by atoms with E-state index in [9.17, 15) is 4.79 Å². The molecule has 0 saturated carbocycles. The van der Waals surface area contributed by atoms with Gasteiger partial charge in [-0.05, 0) is 22.4 Å². The number of rotatable bonds is 4. The average molecular weight is 305 g/mol. The summed E-state index contributed by atoms with van der Waals surface area (Å²) in [6.07, 6.45) is 0.272. The van der Waals surface area contributed by atoms with E-state index in [1.54, 1.807) is 11.3 Å². The topological polar surface area (TPSA) is 38.8 Å². The van der Waals surface area contributed by atoms with E-state index in [4.69, 9.17) is 9.47 Å². The molecule has 1 unspecified atom stereocenters. The number of esters is 1. The molecule has 0 bridgehead atoms. The second-order valence-corrected chi connectivity index (χ2v) is 6.18. The van der Waals surface area contributed by atoms with Crippen LogP contribution in [0.2, 0.25) is 0 Å². The predicted octanol–water partition coefficient (Wildman–Crippen LogP) is 2.67. The quantitative estimate of drug-likeness (QED) is 0.814. The smallest absolute Gasteiger partial charge is 0.308 e. The number of fused-ring (bicyclic) bond motifs is 1. The average Bonchev–Trinajstić information content (AvgIpc) is 2.91. The molecular weight excluding hydrogens is 286 g/mol. The predicted molar refractivity (Wildman–Crippen MR) is 83.5 cm³/mol. The van der Waals surface area contributed by atoms with Crippen LogP contribution in [-0.2, 0) is 20.8 Å². The third kappa shape index (κ3) is 3.43. The van der Waals surface area contributed by atoms with E-state index in [1.807, 2.05) is 0 Å². The first kappa shape index (κ1) is 14.5. The maximum atomic E-state index is 11.4. The lowest BCUT2D eigenvalue weighted by Gasteiger charge is -2.32. The second-order valence-electron chi connectivity index (χ2n) is 5.27. The zero-order chi connectivity index (χ0) is 14.7. The van der Waals surface area contributed by atoms with Gasteiger partial charge in [0.25, 0.3) is 0 Å². The van der Waals surface area contributed by atoms with Gasteiger partial charge in [0.2, 0.25) is 0 Å². The third-order valence-electron chi connectivity index (χ3n) is 3.80. The van der Waals surface area contributed by atoms with Crippen molar-refractivity contribution in [1.29, 1.82) is 0 Å². The lowest BCUT2D eigenvalue weighted by Crippen LogP contribution is -2.42. The van der Waals surface area contributed by atoms with Gasteiger partial charge >= 0.3 is 5.97 Å². The molecule has 1 aromatic carbocycles. The molecule has 0 spiro atoms. The molecule has 1 atom stereocenters. The molecule has 1 saturated heterocycles. The first-order chi connectivity index (χ1) is 10.3. The Kier molecular flexibility index (Phi) is 4.53. The fourth-order valence-electron chi connectivity index (χ4n) is 2.71. The highest BCUT2D eigenvalue weighted by Crippen LogP contribution is 2.27. The van der Waals surface area contributed by atoms with Crippen molar-refractivity contribution in [2.24, 2.45) is 0 Å². The molecule has 112 valence electrons. The number of hydrogen-bond acceptors (Lipinski definition) is 5. The number of nitrogens with zero attached hydrogens (tertiary/aromatic N) is 1. The van der Waals surface area contributed by atoms with Crippen molar-refractivity contribution in [3.05, 3.63) is 35.2 Å². The summed E-state index contributed by atoms with van der Waals surface area (Å²) in [7, 11) is 1.42. The van der Waals surface area contributed by atoms with E-state index in [-0.39, 0.29) is 12.1 Å². The van der Waals surface area contributed by atoms with E-state index in [0.717, 1.165) is 19.6 Å². The number of carbonyl (C=O) groups excluding carboxylic acids is 1. The molecule has 0 aliphatic carbocycles. The van der Waals surface area contributed by atoms with Gasteiger partial charge in [0.05, 0.1) is 26.2 Å². The third-order valence-corrected chi connectivity index (χ3v) is 4.81. The zero-order valence-electron chi connectivity index (χ0n) is 12.1. The Balaban J connectivity index is 1.66. The minimum Gasteiger partial charge on any atom is -0.469 e. The molecule has 4 nitrogen and oxygen atoms in total. The van der Waals surface area contributed by atoms with E-state index in [2.05, 4.69) is 34.5 Å². The van der Waals surface area contributed by atoms with E-state index < -0.39 is 0 Å². The number of carbonyl (C=O) groups is 1. The summed E-state index contributed by atoms with van der Waals surface area (Å²) in [6, 6.07) is 8.48. The molecule has 0 amide bonds. The van der Waals surface area contributed by atoms with Crippen LogP contribution >= 0.6 is 11.3 Å². The summed E-state index contributed by atoms with van der Waals surface area (Å²) in [6.45, 7) is 3.26. The van der Waals surface area contributed by atoms with Gasteiger partial charge in [0.1, 0.15) is 0 Å². The van der Waals surface area contributed by atoms with Gasteiger partial charge in [-0.3, -0.25) is 9.69 Å². The molecule has 2 heterocycles. The number of methoxy groups -OCH3 is 1. The van der Waals surface area contributed by atoms with Crippen LogP contribution in [0.4, 0.5) is 0 Å². The zero-order valence-corrected chi connectivity index (χ0v) is 12.9. The highest BCUT2D eigenvalue weighted by molar-refractivity contribution is 7.17. The van der Waals surface area contributed by atoms with Gasteiger partial charge in [-0.25, -0.2) is 0 Å². The summed E-state index contributed by atoms with van der Waals surface area (Å²) in [4.78, 5) is 13.7. The Morgan fingerprint density at radius 3 is 3.19 bits per heavy atom. The highest BCUT2D eigenvalue weighted by Gasteiger charge is 2.23. The molecule has 1 fully saturated rings. The van der Waals surface area contributed by atoms with Crippen molar-refractivity contribution < 1.29 is 14.3 Å². The maximum absolute atomic E-state index is 11.4. The van der Waals surface area contributed by atoms with Gasteiger partial charge in [-0.1, -0.05) is 18.2 Å².